The monoisotopic (exact) mass is 352 g/mol. The average molecular weight is 353 g/mol. The average Bonchev–Trinajstić information content (AvgIpc) is 3.25. The molecule has 2 fully saturated rings. The summed E-state index contributed by atoms with van der Waals surface area (Å²) in [6.07, 6.45) is 5.03. The Kier molecular flexibility index (Phi) is 5.51. The topological polar surface area (TPSA) is 50.8 Å². The standard InChI is InChI=1S/C18H24N2O3.ClH/c21-18(12-14-3-1-7-19-14)20-8-2-4-15(20)13-5-6-16-17(11-13)23-10-9-22-16;/h5-6,11,14-15,19H,1-4,7-10,12H2;1H. The van der Waals surface area contributed by atoms with Gasteiger partial charge in [-0.2, -0.15) is 0 Å². The number of carbonyl (C=O) groups excluding carboxylic acids is 1. The lowest BCUT2D eigenvalue weighted by molar-refractivity contribution is -0.132. The van der Waals surface area contributed by atoms with Crippen LogP contribution >= 0.6 is 12.4 Å². The summed E-state index contributed by atoms with van der Waals surface area (Å²) in [6.45, 7) is 3.11. The van der Waals surface area contributed by atoms with E-state index in [1.54, 1.807) is 0 Å². The molecular weight excluding hydrogens is 328 g/mol. The summed E-state index contributed by atoms with van der Waals surface area (Å²) >= 11 is 0. The van der Waals surface area contributed by atoms with E-state index in [-0.39, 0.29) is 24.4 Å². The minimum atomic E-state index is 0. The van der Waals surface area contributed by atoms with E-state index in [0.29, 0.717) is 25.7 Å². The summed E-state index contributed by atoms with van der Waals surface area (Å²) in [6, 6.07) is 6.66. The Morgan fingerprint density at radius 3 is 2.79 bits per heavy atom. The summed E-state index contributed by atoms with van der Waals surface area (Å²) in [5, 5.41) is 3.42. The number of nitrogens with zero attached hydrogens (tertiary/aromatic N) is 1. The number of hydrogen-bond acceptors (Lipinski definition) is 4. The van der Waals surface area contributed by atoms with Gasteiger partial charge in [-0.15, -0.1) is 12.4 Å². The van der Waals surface area contributed by atoms with Crippen molar-refractivity contribution in [2.24, 2.45) is 0 Å². The third-order valence-corrected chi connectivity index (χ3v) is 5.11. The van der Waals surface area contributed by atoms with Crippen LogP contribution in [0.25, 0.3) is 0 Å². The molecule has 3 aliphatic heterocycles. The fourth-order valence-electron chi connectivity index (χ4n) is 3.94. The van der Waals surface area contributed by atoms with Gasteiger partial charge in [0.1, 0.15) is 13.2 Å². The molecule has 6 heteroatoms. The van der Waals surface area contributed by atoms with Crippen LogP contribution in [0.5, 0.6) is 11.5 Å². The summed E-state index contributed by atoms with van der Waals surface area (Å²) in [4.78, 5) is 14.8. The molecule has 4 rings (SSSR count). The molecule has 24 heavy (non-hydrogen) atoms. The SMILES string of the molecule is Cl.O=C(CC1CCCN1)N1CCCC1c1ccc2c(c1)OCCO2. The number of rotatable bonds is 3. The van der Waals surface area contributed by atoms with Crippen LogP contribution in [-0.4, -0.2) is 43.2 Å². The first-order valence-corrected chi connectivity index (χ1v) is 8.73. The van der Waals surface area contributed by atoms with Gasteiger partial charge < -0.3 is 19.7 Å². The normalized spacial score (nSPS) is 25.4. The highest BCUT2D eigenvalue weighted by atomic mass is 35.5. The van der Waals surface area contributed by atoms with Gasteiger partial charge in [0.2, 0.25) is 5.91 Å². The first-order chi connectivity index (χ1) is 11.3. The van der Waals surface area contributed by atoms with Crippen molar-refractivity contribution >= 4 is 18.3 Å². The minimum Gasteiger partial charge on any atom is -0.486 e. The van der Waals surface area contributed by atoms with E-state index in [0.717, 1.165) is 43.9 Å². The van der Waals surface area contributed by atoms with E-state index in [2.05, 4.69) is 22.3 Å². The molecule has 0 spiro atoms. The first kappa shape index (κ1) is 17.4. The van der Waals surface area contributed by atoms with Crippen molar-refractivity contribution in [3.8, 4) is 11.5 Å². The fourth-order valence-corrected chi connectivity index (χ4v) is 3.94. The molecule has 0 aromatic heterocycles. The van der Waals surface area contributed by atoms with Crippen molar-refractivity contribution in [1.29, 1.82) is 0 Å². The zero-order valence-electron chi connectivity index (χ0n) is 13.8. The second-order valence-electron chi connectivity index (χ2n) is 6.65. The number of fused-ring (bicyclic) bond motifs is 1. The zero-order chi connectivity index (χ0) is 15.6. The molecule has 3 aliphatic rings. The number of amides is 1. The van der Waals surface area contributed by atoms with Crippen LogP contribution in [0.2, 0.25) is 0 Å². The van der Waals surface area contributed by atoms with Crippen molar-refractivity contribution in [3.63, 3.8) is 0 Å². The quantitative estimate of drug-likeness (QED) is 0.908. The van der Waals surface area contributed by atoms with Gasteiger partial charge in [0.05, 0.1) is 6.04 Å². The highest BCUT2D eigenvalue weighted by Gasteiger charge is 2.32. The van der Waals surface area contributed by atoms with Gasteiger partial charge in [-0.1, -0.05) is 6.07 Å². The number of nitrogens with one attached hydrogen (secondary N) is 1. The lowest BCUT2D eigenvalue weighted by Crippen LogP contribution is -2.35. The molecule has 1 aromatic carbocycles. The Morgan fingerprint density at radius 2 is 2.00 bits per heavy atom. The van der Waals surface area contributed by atoms with E-state index in [9.17, 15) is 4.79 Å². The Labute approximate surface area is 149 Å². The van der Waals surface area contributed by atoms with Gasteiger partial charge in [0.15, 0.2) is 11.5 Å². The predicted octanol–water partition coefficient (Wildman–Crippen LogP) is 2.69. The first-order valence-electron chi connectivity index (χ1n) is 8.73. The van der Waals surface area contributed by atoms with Crippen molar-refractivity contribution in [1.82, 2.24) is 10.2 Å². The van der Waals surface area contributed by atoms with E-state index in [1.165, 1.54) is 12.0 Å². The minimum absolute atomic E-state index is 0. The maximum absolute atomic E-state index is 12.7. The molecular formula is C18H25ClN2O3. The second-order valence-corrected chi connectivity index (χ2v) is 6.65. The van der Waals surface area contributed by atoms with E-state index in [4.69, 9.17) is 9.47 Å². The number of benzene rings is 1. The lowest BCUT2D eigenvalue weighted by atomic mass is 10.0. The number of likely N-dealkylation sites (tertiary alicyclic amines) is 1. The van der Waals surface area contributed by atoms with Crippen LogP contribution in [0, 0.1) is 0 Å². The van der Waals surface area contributed by atoms with Gasteiger partial charge in [0, 0.05) is 19.0 Å². The van der Waals surface area contributed by atoms with Crippen LogP contribution in [0.15, 0.2) is 18.2 Å². The molecule has 2 saturated heterocycles. The van der Waals surface area contributed by atoms with Crippen LogP contribution < -0.4 is 14.8 Å². The Morgan fingerprint density at radius 1 is 1.17 bits per heavy atom. The number of halogens is 1. The van der Waals surface area contributed by atoms with E-state index in [1.807, 2.05) is 6.07 Å². The van der Waals surface area contributed by atoms with Crippen molar-refractivity contribution in [3.05, 3.63) is 23.8 Å². The molecule has 1 N–H and O–H groups in total. The molecule has 1 aromatic rings. The molecule has 132 valence electrons. The van der Waals surface area contributed by atoms with Crippen molar-refractivity contribution in [2.45, 2.75) is 44.2 Å². The molecule has 0 saturated carbocycles. The number of carbonyl (C=O) groups is 1. The van der Waals surface area contributed by atoms with Gasteiger partial charge in [-0.3, -0.25) is 4.79 Å². The van der Waals surface area contributed by atoms with Crippen LogP contribution in [-0.2, 0) is 4.79 Å². The van der Waals surface area contributed by atoms with Gasteiger partial charge >= 0.3 is 0 Å². The Bertz CT molecular complexity index is 590. The molecule has 3 heterocycles. The summed E-state index contributed by atoms with van der Waals surface area (Å²) in [5.41, 5.74) is 1.17. The predicted molar refractivity (Wildman–Crippen MR) is 94.0 cm³/mol. The fraction of sp³-hybridized carbons (Fsp3) is 0.611. The maximum atomic E-state index is 12.7. The van der Waals surface area contributed by atoms with E-state index >= 15 is 0 Å². The van der Waals surface area contributed by atoms with Crippen LogP contribution in [0.1, 0.15) is 43.7 Å². The highest BCUT2D eigenvalue weighted by molar-refractivity contribution is 5.85. The summed E-state index contributed by atoms with van der Waals surface area (Å²) in [5.74, 6) is 1.90. The summed E-state index contributed by atoms with van der Waals surface area (Å²) in [7, 11) is 0. The van der Waals surface area contributed by atoms with Gasteiger partial charge in [-0.25, -0.2) is 0 Å². The molecule has 1 amide bonds. The second kappa shape index (κ2) is 7.62. The van der Waals surface area contributed by atoms with Crippen LogP contribution in [0.4, 0.5) is 0 Å². The third kappa shape index (κ3) is 3.47. The molecule has 0 bridgehead atoms. The highest BCUT2D eigenvalue weighted by Crippen LogP contribution is 2.38. The van der Waals surface area contributed by atoms with Crippen LogP contribution in [0.3, 0.4) is 0 Å². The molecule has 2 atom stereocenters. The molecule has 0 aliphatic carbocycles. The summed E-state index contributed by atoms with van der Waals surface area (Å²) < 4.78 is 11.3. The maximum Gasteiger partial charge on any atom is 0.224 e. The lowest BCUT2D eigenvalue weighted by Gasteiger charge is -2.27. The molecule has 0 radical (unpaired) electrons. The largest absolute Gasteiger partial charge is 0.486 e. The zero-order valence-corrected chi connectivity index (χ0v) is 14.6. The third-order valence-electron chi connectivity index (χ3n) is 5.11. The number of hydrogen-bond donors (Lipinski definition) is 1. The smallest absolute Gasteiger partial charge is 0.224 e. The number of ether oxygens (including phenoxy) is 2. The van der Waals surface area contributed by atoms with Crippen molar-refractivity contribution < 1.29 is 14.3 Å². The Balaban J connectivity index is 0.00000169. The Hall–Kier alpha value is -1.46. The molecule has 2 unspecified atom stereocenters. The van der Waals surface area contributed by atoms with Gasteiger partial charge in [0.25, 0.3) is 0 Å². The van der Waals surface area contributed by atoms with Gasteiger partial charge in [-0.05, 0) is 49.9 Å². The molecule has 5 nitrogen and oxygen atoms in total. The van der Waals surface area contributed by atoms with E-state index < -0.39 is 0 Å². The van der Waals surface area contributed by atoms with Crippen molar-refractivity contribution in [2.75, 3.05) is 26.3 Å².